The Labute approximate surface area is 160 Å². The molecular formula is C18H19ClINO3. The number of benzene rings is 2. The van der Waals surface area contributed by atoms with E-state index in [4.69, 9.17) is 21.1 Å². The molecule has 4 nitrogen and oxygen atoms in total. The molecule has 128 valence electrons. The minimum atomic E-state index is -0.224. The van der Waals surface area contributed by atoms with Gasteiger partial charge in [0.05, 0.1) is 16.8 Å². The van der Waals surface area contributed by atoms with Gasteiger partial charge in [-0.2, -0.15) is 0 Å². The maximum absolute atomic E-state index is 12.5. The molecule has 2 rings (SSSR count). The molecular weight excluding hydrogens is 441 g/mol. The quantitative estimate of drug-likeness (QED) is 0.565. The first kappa shape index (κ1) is 18.9. The number of halogens is 2. The van der Waals surface area contributed by atoms with E-state index in [2.05, 4.69) is 27.9 Å². The lowest BCUT2D eigenvalue weighted by Crippen LogP contribution is -2.13. The number of carbonyl (C=O) groups excluding carboxylic acids is 1. The molecule has 1 amide bonds. The zero-order chi connectivity index (χ0) is 17.5. The fourth-order valence-corrected chi connectivity index (χ4v) is 3.02. The highest BCUT2D eigenvalue weighted by Crippen LogP contribution is 2.34. The van der Waals surface area contributed by atoms with Crippen LogP contribution in [-0.4, -0.2) is 19.1 Å². The van der Waals surface area contributed by atoms with Crippen molar-refractivity contribution in [2.24, 2.45) is 0 Å². The maximum Gasteiger partial charge on any atom is 0.255 e. The highest BCUT2D eigenvalue weighted by atomic mass is 127. The third-order valence-electron chi connectivity index (χ3n) is 3.10. The smallest absolute Gasteiger partial charge is 0.255 e. The maximum atomic E-state index is 12.5. The second-order valence-corrected chi connectivity index (χ2v) is 6.63. The van der Waals surface area contributed by atoms with Crippen molar-refractivity contribution in [2.75, 3.05) is 18.5 Å². The predicted octanol–water partition coefficient (Wildman–Crippen LogP) is 5.38. The van der Waals surface area contributed by atoms with Crippen LogP contribution in [0.25, 0.3) is 0 Å². The molecule has 0 saturated heterocycles. The zero-order valence-corrected chi connectivity index (χ0v) is 16.5. The summed E-state index contributed by atoms with van der Waals surface area (Å²) in [5.41, 5.74) is 1.15. The zero-order valence-electron chi connectivity index (χ0n) is 13.6. The molecule has 0 radical (unpaired) electrons. The Balaban J connectivity index is 2.27. The Bertz CT molecular complexity index is 721. The molecule has 0 unspecified atom stereocenters. The van der Waals surface area contributed by atoms with Gasteiger partial charge in [0.2, 0.25) is 0 Å². The predicted molar refractivity (Wildman–Crippen MR) is 106 cm³/mol. The molecule has 2 aromatic rings. The van der Waals surface area contributed by atoms with Crippen LogP contribution in [0.1, 0.15) is 30.6 Å². The van der Waals surface area contributed by atoms with Crippen LogP contribution < -0.4 is 14.8 Å². The number of rotatable bonds is 7. The van der Waals surface area contributed by atoms with Crippen molar-refractivity contribution < 1.29 is 14.3 Å². The SMILES string of the molecule is CCCOc1c(I)cc(C(=O)Nc2cccc(Cl)c2)cc1OCC. The summed E-state index contributed by atoms with van der Waals surface area (Å²) in [6, 6.07) is 10.5. The third kappa shape index (κ3) is 5.01. The van der Waals surface area contributed by atoms with Gasteiger partial charge in [-0.25, -0.2) is 0 Å². The number of nitrogens with one attached hydrogen (secondary N) is 1. The number of hydrogen-bond donors (Lipinski definition) is 1. The fraction of sp³-hybridized carbons (Fsp3) is 0.278. The summed E-state index contributed by atoms with van der Waals surface area (Å²) in [7, 11) is 0. The summed E-state index contributed by atoms with van der Waals surface area (Å²) in [6.45, 7) is 5.04. The molecule has 0 saturated carbocycles. The number of anilines is 1. The largest absolute Gasteiger partial charge is 0.490 e. The number of amides is 1. The van der Waals surface area contributed by atoms with E-state index in [1.54, 1.807) is 36.4 Å². The Kier molecular flexibility index (Phi) is 7.17. The lowest BCUT2D eigenvalue weighted by Gasteiger charge is -2.15. The van der Waals surface area contributed by atoms with Crippen molar-refractivity contribution in [3.8, 4) is 11.5 Å². The van der Waals surface area contributed by atoms with Crippen molar-refractivity contribution in [1.82, 2.24) is 0 Å². The Morgan fingerprint density at radius 2 is 2.00 bits per heavy atom. The van der Waals surface area contributed by atoms with Crippen LogP contribution in [0, 0.1) is 3.57 Å². The van der Waals surface area contributed by atoms with E-state index in [1.807, 2.05) is 13.8 Å². The molecule has 0 aliphatic heterocycles. The van der Waals surface area contributed by atoms with E-state index in [1.165, 1.54) is 0 Å². The van der Waals surface area contributed by atoms with E-state index < -0.39 is 0 Å². The van der Waals surface area contributed by atoms with Crippen molar-refractivity contribution in [2.45, 2.75) is 20.3 Å². The molecule has 0 fully saturated rings. The van der Waals surface area contributed by atoms with E-state index in [0.29, 0.717) is 41.0 Å². The topological polar surface area (TPSA) is 47.6 Å². The van der Waals surface area contributed by atoms with Crippen LogP contribution in [-0.2, 0) is 0 Å². The molecule has 0 aromatic heterocycles. The van der Waals surface area contributed by atoms with Crippen LogP contribution in [0.2, 0.25) is 5.02 Å². The van der Waals surface area contributed by atoms with Crippen molar-refractivity contribution >= 4 is 45.8 Å². The first-order valence-electron chi connectivity index (χ1n) is 7.71. The molecule has 0 atom stereocenters. The van der Waals surface area contributed by atoms with Crippen LogP contribution >= 0.6 is 34.2 Å². The first-order valence-corrected chi connectivity index (χ1v) is 9.16. The van der Waals surface area contributed by atoms with E-state index in [9.17, 15) is 4.79 Å². The number of ether oxygens (including phenoxy) is 2. The average molecular weight is 460 g/mol. The molecule has 24 heavy (non-hydrogen) atoms. The van der Waals surface area contributed by atoms with Gasteiger partial charge in [0, 0.05) is 16.3 Å². The summed E-state index contributed by atoms with van der Waals surface area (Å²) in [4.78, 5) is 12.5. The van der Waals surface area contributed by atoms with Gasteiger partial charge in [-0.15, -0.1) is 0 Å². The van der Waals surface area contributed by atoms with Gasteiger partial charge in [-0.05, 0) is 66.3 Å². The molecule has 0 heterocycles. The van der Waals surface area contributed by atoms with E-state index in [0.717, 1.165) is 9.99 Å². The standard InChI is InChI=1S/C18H19ClINO3/c1-3-8-24-17-15(20)9-12(10-16(17)23-4-2)18(22)21-14-7-5-6-13(19)11-14/h5-7,9-11H,3-4,8H2,1-2H3,(H,21,22). The minimum absolute atomic E-state index is 0.224. The third-order valence-corrected chi connectivity index (χ3v) is 4.14. The minimum Gasteiger partial charge on any atom is -0.490 e. The molecule has 0 spiro atoms. The van der Waals surface area contributed by atoms with Gasteiger partial charge < -0.3 is 14.8 Å². The summed E-state index contributed by atoms with van der Waals surface area (Å²) >= 11 is 8.10. The van der Waals surface area contributed by atoms with Crippen molar-refractivity contribution in [3.63, 3.8) is 0 Å². The van der Waals surface area contributed by atoms with Gasteiger partial charge in [-0.1, -0.05) is 24.6 Å². The van der Waals surface area contributed by atoms with Gasteiger partial charge in [-0.3, -0.25) is 4.79 Å². The summed E-state index contributed by atoms with van der Waals surface area (Å²) in [5, 5.41) is 3.41. The molecule has 1 N–H and O–H groups in total. The average Bonchev–Trinajstić information content (AvgIpc) is 2.54. The molecule has 6 heteroatoms. The fourth-order valence-electron chi connectivity index (χ4n) is 2.08. The highest BCUT2D eigenvalue weighted by Gasteiger charge is 2.16. The van der Waals surface area contributed by atoms with Crippen LogP contribution in [0.3, 0.4) is 0 Å². The normalized spacial score (nSPS) is 10.3. The summed E-state index contributed by atoms with van der Waals surface area (Å²) in [6.07, 6.45) is 0.901. The van der Waals surface area contributed by atoms with Gasteiger partial charge in [0.25, 0.3) is 5.91 Å². The Morgan fingerprint density at radius 3 is 2.67 bits per heavy atom. The lowest BCUT2D eigenvalue weighted by atomic mass is 10.1. The second-order valence-electron chi connectivity index (χ2n) is 5.03. The summed E-state index contributed by atoms with van der Waals surface area (Å²) < 4.78 is 12.2. The molecule has 0 aliphatic carbocycles. The monoisotopic (exact) mass is 459 g/mol. The van der Waals surface area contributed by atoms with Crippen LogP contribution in [0.15, 0.2) is 36.4 Å². The molecule has 0 bridgehead atoms. The Morgan fingerprint density at radius 1 is 1.21 bits per heavy atom. The highest BCUT2D eigenvalue weighted by molar-refractivity contribution is 14.1. The second kappa shape index (κ2) is 9.13. The van der Waals surface area contributed by atoms with E-state index >= 15 is 0 Å². The Hall–Kier alpha value is -1.47. The molecule has 0 aliphatic rings. The van der Waals surface area contributed by atoms with Gasteiger partial charge in [0.15, 0.2) is 11.5 Å². The van der Waals surface area contributed by atoms with Crippen LogP contribution in [0.4, 0.5) is 5.69 Å². The van der Waals surface area contributed by atoms with Crippen LogP contribution in [0.5, 0.6) is 11.5 Å². The van der Waals surface area contributed by atoms with Crippen molar-refractivity contribution in [3.05, 3.63) is 50.6 Å². The van der Waals surface area contributed by atoms with Gasteiger partial charge >= 0.3 is 0 Å². The first-order chi connectivity index (χ1) is 11.5. The van der Waals surface area contributed by atoms with Crippen molar-refractivity contribution in [1.29, 1.82) is 0 Å². The summed E-state index contributed by atoms with van der Waals surface area (Å²) in [5.74, 6) is 1.03. The lowest BCUT2D eigenvalue weighted by molar-refractivity contribution is 0.102. The number of hydrogen-bond acceptors (Lipinski definition) is 3. The van der Waals surface area contributed by atoms with E-state index in [-0.39, 0.29) is 5.91 Å². The number of carbonyl (C=O) groups is 1. The van der Waals surface area contributed by atoms with Gasteiger partial charge in [0.1, 0.15) is 0 Å². The molecule has 2 aromatic carbocycles.